The minimum atomic E-state index is -1.08. The molecular weight excluding hydrogens is 580 g/mol. The van der Waals surface area contributed by atoms with Gasteiger partial charge in [0, 0.05) is 11.1 Å². The van der Waals surface area contributed by atoms with Gasteiger partial charge in [-0.15, -0.1) is 0 Å². The summed E-state index contributed by atoms with van der Waals surface area (Å²) in [6, 6.07) is 10.0. The first-order chi connectivity index (χ1) is 18.4. The smallest absolute Gasteiger partial charge is 0.307 e. The van der Waals surface area contributed by atoms with Crippen molar-refractivity contribution in [3.63, 3.8) is 0 Å². The molecule has 0 unspecified atom stereocenters. The number of phenols is 3. The number of aliphatic carboxylic acids is 3. The average molecular weight is 618 g/mol. The molecule has 0 aromatic heterocycles. The van der Waals surface area contributed by atoms with Crippen LogP contribution in [-0.4, -0.2) is 86.3 Å². The lowest BCUT2D eigenvalue weighted by atomic mass is 9.96. The molecule has 0 aliphatic rings. The predicted molar refractivity (Wildman–Crippen MR) is 153 cm³/mol. The summed E-state index contributed by atoms with van der Waals surface area (Å²) in [5.41, 5.74) is 1.47. The van der Waals surface area contributed by atoms with Crippen molar-refractivity contribution in [2.24, 2.45) is 0 Å². The van der Waals surface area contributed by atoms with Gasteiger partial charge >= 0.3 is 17.9 Å². The van der Waals surface area contributed by atoms with Crippen LogP contribution in [0.4, 0.5) is 0 Å². The van der Waals surface area contributed by atoms with Crippen LogP contribution in [0.3, 0.4) is 0 Å². The predicted octanol–water partition coefficient (Wildman–Crippen LogP) is -0.332. The van der Waals surface area contributed by atoms with Crippen LogP contribution in [0.1, 0.15) is 16.7 Å². The van der Waals surface area contributed by atoms with Gasteiger partial charge in [0.1, 0.15) is 0 Å². The van der Waals surface area contributed by atoms with E-state index in [0.717, 1.165) is 0 Å². The van der Waals surface area contributed by atoms with E-state index >= 15 is 0 Å². The van der Waals surface area contributed by atoms with Gasteiger partial charge in [0.05, 0.1) is 40.6 Å². The molecule has 0 radical (unpaired) electrons. The zero-order valence-corrected chi connectivity index (χ0v) is 23.4. The quantitative estimate of drug-likeness (QED) is 0.159. The van der Waals surface area contributed by atoms with Crippen molar-refractivity contribution in [2.75, 3.05) is 21.3 Å². The summed E-state index contributed by atoms with van der Waals surface area (Å²) in [4.78, 5) is 32.4. The first-order valence-corrected chi connectivity index (χ1v) is 11.2. The van der Waals surface area contributed by atoms with Crippen molar-refractivity contribution in [3.8, 4) is 45.6 Å². The van der Waals surface area contributed by atoms with E-state index in [-0.39, 0.29) is 81.0 Å². The maximum Gasteiger partial charge on any atom is 0.307 e. The van der Waals surface area contributed by atoms with Gasteiger partial charge < -0.3 is 66.8 Å². The molecule has 0 bridgehead atoms. The van der Waals surface area contributed by atoms with E-state index in [1.807, 2.05) is 0 Å². The number of aromatic hydroxyl groups is 3. The number of benzene rings is 3. The van der Waals surface area contributed by atoms with Gasteiger partial charge in [-0.2, -0.15) is 0 Å². The maximum atomic E-state index is 11.0. The third kappa shape index (κ3) is 11.6. The molecule has 0 saturated carbocycles. The fourth-order valence-corrected chi connectivity index (χ4v) is 3.61. The molecule has 16 heteroatoms. The van der Waals surface area contributed by atoms with Crippen LogP contribution in [0, 0.1) is 0 Å². The Hall–Kier alpha value is -5.29. The van der Waals surface area contributed by atoms with E-state index in [1.54, 1.807) is 6.07 Å². The molecule has 0 heterocycles. The van der Waals surface area contributed by atoms with Gasteiger partial charge in [0.15, 0.2) is 34.5 Å². The molecular formula is C27H37O16+. The number of methoxy groups -OCH3 is 3. The summed E-state index contributed by atoms with van der Waals surface area (Å²) in [7, 11) is 4.04. The van der Waals surface area contributed by atoms with Crippen LogP contribution in [0.25, 0.3) is 11.1 Å². The van der Waals surface area contributed by atoms with Crippen LogP contribution in [-0.2, 0) is 39.1 Å². The summed E-state index contributed by atoms with van der Waals surface area (Å²) in [6.07, 6.45) is -0.719. The van der Waals surface area contributed by atoms with Crippen molar-refractivity contribution in [3.05, 3.63) is 59.2 Å². The van der Waals surface area contributed by atoms with Gasteiger partial charge in [-0.1, -0.05) is 6.07 Å². The summed E-state index contributed by atoms with van der Waals surface area (Å²) in [5, 5.41) is 56.5. The molecule has 0 aliphatic carbocycles. The zero-order valence-electron chi connectivity index (χ0n) is 23.4. The van der Waals surface area contributed by atoms with Crippen LogP contribution < -0.4 is 14.2 Å². The fraction of sp³-hybridized carbons (Fsp3) is 0.222. The number of hydrogen-bond donors (Lipinski definition) is 6. The third-order valence-electron chi connectivity index (χ3n) is 5.31. The highest BCUT2D eigenvalue weighted by Gasteiger charge is 2.20. The number of carboxylic acids is 3. The van der Waals surface area contributed by atoms with Crippen molar-refractivity contribution >= 4 is 17.9 Å². The highest BCUT2D eigenvalue weighted by Crippen LogP contribution is 2.45. The zero-order chi connectivity index (χ0) is 29.3. The van der Waals surface area contributed by atoms with E-state index in [0.29, 0.717) is 22.4 Å². The average Bonchev–Trinajstić information content (AvgIpc) is 2.86. The highest BCUT2D eigenvalue weighted by atomic mass is 16.5. The van der Waals surface area contributed by atoms with E-state index in [4.69, 9.17) is 29.5 Å². The molecule has 15 N–H and O–H groups in total. The molecule has 16 nitrogen and oxygen atoms in total. The standard InChI is InChI=1S/C18H18O8.C9H10O4.4H2O/c1-25-13-5-9(7-15(19)20)3-11(17(13)23)12-4-10(8-16(21)22)6-14(26-2)18(12)24;1-13-8-4-6(5-9(11)12)2-3-7(8)10;;;;/h3-6,23-24H,7-8H2,1-2H3,(H,19,20)(H,21,22);2-4,10H,5H2,1H3,(H,11,12);4*1H2/p+1. The SMILES string of the molecule is COc1cc(CC(=O)O)cc(-c2cc(CC(=O)O)cc(OC)c2O)c1O.COc1cc(CC(=O)O)ccc1O.O.O.O.[OH3+]. The number of carboxylic acid groups (broad SMARTS) is 3. The number of hydrogen-bond acceptors (Lipinski definition) is 9. The number of phenolic OH excluding ortho intramolecular Hbond substituents is 3. The van der Waals surface area contributed by atoms with Crippen molar-refractivity contribution in [1.82, 2.24) is 0 Å². The first kappa shape index (κ1) is 42.2. The maximum absolute atomic E-state index is 11.0. The van der Waals surface area contributed by atoms with Crippen LogP contribution in [0.5, 0.6) is 34.5 Å². The lowest BCUT2D eigenvalue weighted by Crippen LogP contribution is -2.02. The molecule has 240 valence electrons. The summed E-state index contributed by atoms with van der Waals surface area (Å²) < 4.78 is 15.0. The van der Waals surface area contributed by atoms with Crippen molar-refractivity contribution < 1.29 is 81.1 Å². The summed E-state index contributed by atoms with van der Waals surface area (Å²) in [6.45, 7) is 0. The molecule has 0 atom stereocenters. The van der Waals surface area contributed by atoms with Gasteiger partial charge in [0.2, 0.25) is 0 Å². The largest absolute Gasteiger partial charge is 0.504 e. The summed E-state index contributed by atoms with van der Waals surface area (Å²) >= 11 is 0. The Labute approximate surface area is 244 Å². The van der Waals surface area contributed by atoms with Crippen LogP contribution in [0.15, 0.2) is 42.5 Å². The van der Waals surface area contributed by atoms with E-state index in [9.17, 15) is 29.7 Å². The van der Waals surface area contributed by atoms with Gasteiger partial charge in [-0.3, -0.25) is 14.4 Å². The van der Waals surface area contributed by atoms with Gasteiger partial charge in [-0.25, -0.2) is 0 Å². The van der Waals surface area contributed by atoms with E-state index in [2.05, 4.69) is 0 Å². The highest BCUT2D eigenvalue weighted by molar-refractivity contribution is 5.83. The van der Waals surface area contributed by atoms with Crippen molar-refractivity contribution in [2.45, 2.75) is 19.3 Å². The Kier molecular flexibility index (Phi) is 18.6. The third-order valence-corrected chi connectivity index (χ3v) is 5.31. The summed E-state index contributed by atoms with van der Waals surface area (Å²) in [5.74, 6) is -3.34. The molecule has 3 aromatic carbocycles. The topological polar surface area (TPSA) is 328 Å². The Morgan fingerprint density at radius 2 is 0.884 bits per heavy atom. The van der Waals surface area contributed by atoms with Gasteiger partial charge in [0.25, 0.3) is 0 Å². The number of rotatable bonds is 10. The number of carbonyl (C=O) groups is 3. The molecule has 0 saturated heterocycles. The van der Waals surface area contributed by atoms with Crippen LogP contribution in [0.2, 0.25) is 0 Å². The Bertz CT molecular complexity index is 1300. The second-order valence-corrected chi connectivity index (χ2v) is 8.11. The fourth-order valence-electron chi connectivity index (χ4n) is 3.61. The molecule has 0 spiro atoms. The van der Waals surface area contributed by atoms with Crippen molar-refractivity contribution in [1.29, 1.82) is 0 Å². The molecule has 43 heavy (non-hydrogen) atoms. The Morgan fingerprint density at radius 1 is 0.558 bits per heavy atom. The van der Waals surface area contributed by atoms with Crippen LogP contribution >= 0.6 is 0 Å². The minimum absolute atomic E-state index is 0. The molecule has 0 fully saturated rings. The lowest BCUT2D eigenvalue weighted by Gasteiger charge is -2.15. The molecule has 0 amide bonds. The monoisotopic (exact) mass is 617 g/mol. The second-order valence-electron chi connectivity index (χ2n) is 8.11. The molecule has 3 aromatic rings. The first-order valence-electron chi connectivity index (χ1n) is 11.2. The minimum Gasteiger partial charge on any atom is -0.504 e. The van der Waals surface area contributed by atoms with E-state index in [1.165, 1.54) is 57.7 Å². The Morgan fingerprint density at radius 3 is 1.21 bits per heavy atom. The normalized spacial score (nSPS) is 9.19. The molecule has 3 rings (SSSR count). The van der Waals surface area contributed by atoms with Gasteiger partial charge in [-0.05, 0) is 53.1 Å². The Balaban J connectivity index is -0.000000809. The van der Waals surface area contributed by atoms with E-state index < -0.39 is 17.9 Å². The lowest BCUT2D eigenvalue weighted by molar-refractivity contribution is -0.137. The second kappa shape index (κ2) is 18.9. The number of ether oxygens (including phenoxy) is 3. The molecule has 0 aliphatic heterocycles.